The third-order valence-corrected chi connectivity index (χ3v) is 14.0. The van der Waals surface area contributed by atoms with Crippen molar-refractivity contribution in [2.75, 3.05) is 26.4 Å². The quantitative estimate of drug-likeness (QED) is 0.0264. The summed E-state index contributed by atoms with van der Waals surface area (Å²) in [7, 11) is -4.40. The van der Waals surface area contributed by atoms with Crippen LogP contribution in [0.25, 0.3) is 0 Å². The van der Waals surface area contributed by atoms with Crippen LogP contribution in [0.5, 0.6) is 0 Å². The number of phosphoric acid groups is 1. The summed E-state index contributed by atoms with van der Waals surface area (Å²) in [5, 5.41) is 0. The Labute approximate surface area is 484 Å². The molecule has 0 aromatic heterocycles. The first-order valence-corrected chi connectivity index (χ1v) is 33.2. The van der Waals surface area contributed by atoms with Gasteiger partial charge < -0.3 is 20.1 Å². The lowest BCUT2D eigenvalue weighted by Gasteiger charge is -2.19. The SMILES string of the molecule is CC/C=C\C/C=C\C/C=C\C/C=C\C/C=C\C/C=C\C/C=C\C/C=C\CCCCCCCCCCCCCCC(=O)OC(COC(=O)CCCCCCCC/C=C\C/C=C\C/C=C\CCCCCCC)COP(=O)(O)OCCN. The van der Waals surface area contributed by atoms with Crippen molar-refractivity contribution in [2.45, 2.75) is 264 Å². The smallest absolute Gasteiger partial charge is 0.462 e. The van der Waals surface area contributed by atoms with E-state index < -0.39 is 32.5 Å². The number of ether oxygens (including phenoxy) is 2. The molecule has 0 fully saturated rings. The summed E-state index contributed by atoms with van der Waals surface area (Å²) in [5.41, 5.74) is 5.39. The summed E-state index contributed by atoms with van der Waals surface area (Å²) < 4.78 is 33.1. The minimum Gasteiger partial charge on any atom is -0.462 e. The molecule has 0 aliphatic heterocycles. The molecule has 0 amide bonds. The van der Waals surface area contributed by atoms with E-state index in [1.807, 2.05) is 0 Å². The number of phosphoric ester groups is 1. The Morgan fingerprint density at radius 1 is 0.392 bits per heavy atom. The lowest BCUT2D eigenvalue weighted by Crippen LogP contribution is -2.29. The van der Waals surface area contributed by atoms with Gasteiger partial charge in [0, 0.05) is 19.4 Å². The molecule has 3 N–H and O–H groups in total. The Bertz CT molecular complexity index is 1750. The summed E-state index contributed by atoms with van der Waals surface area (Å²) >= 11 is 0. The topological polar surface area (TPSA) is 134 Å². The predicted octanol–water partition coefficient (Wildman–Crippen LogP) is 20.5. The summed E-state index contributed by atoms with van der Waals surface area (Å²) in [4.78, 5) is 35.2. The number of allylic oxidation sites excluding steroid dienone is 22. The highest BCUT2D eigenvalue weighted by Gasteiger charge is 2.26. The molecule has 0 rings (SSSR count). The lowest BCUT2D eigenvalue weighted by atomic mass is 10.0. The number of unbranched alkanes of at least 4 members (excludes halogenated alkanes) is 23. The molecule has 9 nitrogen and oxygen atoms in total. The van der Waals surface area contributed by atoms with Gasteiger partial charge in [0.05, 0.1) is 13.2 Å². The Hall–Kier alpha value is -3.85. The molecule has 2 atom stereocenters. The second kappa shape index (κ2) is 63.3. The molecule has 0 aliphatic rings. The summed E-state index contributed by atoms with van der Waals surface area (Å²) in [6.07, 6.45) is 89.4. The highest BCUT2D eigenvalue weighted by molar-refractivity contribution is 7.47. The summed E-state index contributed by atoms with van der Waals surface area (Å²) in [6, 6.07) is 0. The molecule has 2 unspecified atom stereocenters. The molecule has 0 bridgehead atoms. The van der Waals surface area contributed by atoms with Crippen LogP contribution in [-0.2, 0) is 32.7 Å². The molecule has 0 saturated carbocycles. The lowest BCUT2D eigenvalue weighted by molar-refractivity contribution is -0.161. The molecular weight excluding hydrogens is 1000 g/mol. The van der Waals surface area contributed by atoms with E-state index in [0.717, 1.165) is 128 Å². The van der Waals surface area contributed by atoms with Gasteiger partial charge in [0.1, 0.15) is 6.61 Å². The van der Waals surface area contributed by atoms with Gasteiger partial charge in [0.15, 0.2) is 6.10 Å². The van der Waals surface area contributed by atoms with E-state index in [2.05, 4.69) is 148 Å². The fourth-order valence-corrected chi connectivity index (χ4v) is 9.13. The number of rotatable bonds is 58. The maximum absolute atomic E-state index is 12.7. The first kappa shape index (κ1) is 75.2. The average molecular weight is 1120 g/mol. The third-order valence-electron chi connectivity index (χ3n) is 13.0. The van der Waals surface area contributed by atoms with Crippen molar-refractivity contribution in [3.8, 4) is 0 Å². The minimum absolute atomic E-state index is 0.0452. The van der Waals surface area contributed by atoms with Crippen LogP contribution in [0.15, 0.2) is 134 Å². The molecule has 0 aromatic carbocycles. The van der Waals surface area contributed by atoms with E-state index in [4.69, 9.17) is 24.3 Å². The molecule has 450 valence electrons. The fourth-order valence-electron chi connectivity index (χ4n) is 8.36. The Morgan fingerprint density at radius 2 is 0.696 bits per heavy atom. The van der Waals surface area contributed by atoms with Crippen molar-refractivity contribution in [2.24, 2.45) is 5.73 Å². The van der Waals surface area contributed by atoms with Gasteiger partial charge in [-0.25, -0.2) is 4.57 Å². The summed E-state index contributed by atoms with van der Waals surface area (Å²) in [6.45, 7) is 3.60. The van der Waals surface area contributed by atoms with Gasteiger partial charge in [0.25, 0.3) is 0 Å². The molecule has 0 spiro atoms. The van der Waals surface area contributed by atoms with Crippen molar-refractivity contribution in [3.05, 3.63) is 134 Å². The van der Waals surface area contributed by atoms with E-state index in [1.165, 1.54) is 89.9 Å². The molecule has 0 saturated heterocycles. The minimum atomic E-state index is -4.40. The molecule has 0 radical (unpaired) electrons. The van der Waals surface area contributed by atoms with Gasteiger partial charge in [-0.15, -0.1) is 0 Å². The number of carbonyl (C=O) groups excluding carboxylic acids is 2. The molecule has 0 aromatic rings. The van der Waals surface area contributed by atoms with Crippen molar-refractivity contribution in [1.29, 1.82) is 0 Å². The third kappa shape index (κ3) is 63.2. The number of hydrogen-bond acceptors (Lipinski definition) is 8. The van der Waals surface area contributed by atoms with Crippen molar-refractivity contribution in [3.63, 3.8) is 0 Å². The first-order valence-electron chi connectivity index (χ1n) is 31.7. The Balaban J connectivity index is 3.98. The van der Waals surface area contributed by atoms with Gasteiger partial charge in [-0.05, 0) is 116 Å². The van der Waals surface area contributed by atoms with Crippen LogP contribution in [0.4, 0.5) is 0 Å². The van der Waals surface area contributed by atoms with Crippen molar-refractivity contribution in [1.82, 2.24) is 0 Å². The van der Waals surface area contributed by atoms with Crippen molar-refractivity contribution < 1.29 is 37.6 Å². The van der Waals surface area contributed by atoms with E-state index in [1.54, 1.807) is 0 Å². The molecular formula is C69H116NO8P. The van der Waals surface area contributed by atoms with Gasteiger partial charge in [-0.2, -0.15) is 0 Å². The monoisotopic (exact) mass is 1120 g/mol. The van der Waals surface area contributed by atoms with Crippen LogP contribution in [0.3, 0.4) is 0 Å². The van der Waals surface area contributed by atoms with Crippen molar-refractivity contribution >= 4 is 19.8 Å². The highest BCUT2D eigenvalue weighted by atomic mass is 31.2. The maximum atomic E-state index is 12.7. The van der Waals surface area contributed by atoms with Crippen LogP contribution >= 0.6 is 7.82 Å². The predicted molar refractivity (Wildman–Crippen MR) is 339 cm³/mol. The largest absolute Gasteiger partial charge is 0.472 e. The fraction of sp³-hybridized carbons (Fsp3) is 0.652. The zero-order valence-corrected chi connectivity index (χ0v) is 51.2. The number of esters is 2. The van der Waals surface area contributed by atoms with Crippen LogP contribution in [-0.4, -0.2) is 49.3 Å². The second-order valence-electron chi connectivity index (χ2n) is 20.5. The number of carbonyl (C=O) groups is 2. The van der Waals surface area contributed by atoms with Gasteiger partial charge in [0.2, 0.25) is 0 Å². The molecule has 79 heavy (non-hydrogen) atoms. The van der Waals surface area contributed by atoms with Crippen LogP contribution in [0.1, 0.15) is 258 Å². The summed E-state index contributed by atoms with van der Waals surface area (Å²) in [5.74, 6) is -0.848. The van der Waals surface area contributed by atoms with Crippen LogP contribution in [0.2, 0.25) is 0 Å². The Morgan fingerprint density at radius 3 is 1.04 bits per heavy atom. The number of nitrogens with two attached hydrogens (primary N) is 1. The Kier molecular flexibility index (Phi) is 60.2. The van der Waals surface area contributed by atoms with E-state index in [0.29, 0.717) is 12.8 Å². The first-order chi connectivity index (χ1) is 38.8. The second-order valence-corrected chi connectivity index (χ2v) is 22.0. The molecule has 10 heteroatoms. The molecule has 0 aliphatic carbocycles. The molecule has 0 heterocycles. The standard InChI is InChI=1S/C69H116NO8P/c1-3-5-7-9-11-13-15-17-19-21-23-25-26-27-28-29-30-31-32-33-34-35-36-37-38-39-40-42-44-46-48-50-52-54-56-58-60-62-69(72)78-67(66-77-79(73,74)76-64-63-70)65-75-68(71)61-59-57-55-53-51-49-47-45-43-41-24-22-20-18-16-14-12-10-8-6-4-2/h5,7,11,13,16-19,22-25,27-28,30-31,33-34,36-37,43,45,67H,3-4,6,8-10,12,14-15,20-21,26,29,32,35,38-42,44,46-66,70H2,1-2H3,(H,73,74)/b7-5-,13-11-,18-16-,19-17-,24-22-,25-23-,28-27-,31-30-,34-33-,37-36-,45-43-. The average Bonchev–Trinajstić information content (AvgIpc) is 3.44. The maximum Gasteiger partial charge on any atom is 0.472 e. The zero-order chi connectivity index (χ0) is 57.3. The van der Waals surface area contributed by atoms with E-state index in [-0.39, 0.29) is 32.6 Å². The highest BCUT2D eigenvalue weighted by Crippen LogP contribution is 2.43. The van der Waals surface area contributed by atoms with E-state index in [9.17, 15) is 19.0 Å². The van der Waals surface area contributed by atoms with Crippen LogP contribution in [0, 0.1) is 0 Å². The van der Waals surface area contributed by atoms with E-state index >= 15 is 0 Å². The normalized spacial score (nSPS) is 13.9. The number of hydrogen-bond donors (Lipinski definition) is 2. The van der Waals surface area contributed by atoms with Gasteiger partial charge in [-0.1, -0.05) is 263 Å². The van der Waals surface area contributed by atoms with Gasteiger partial charge in [-0.3, -0.25) is 18.6 Å². The zero-order valence-electron chi connectivity index (χ0n) is 50.3. The van der Waals surface area contributed by atoms with Gasteiger partial charge >= 0.3 is 19.8 Å². The van der Waals surface area contributed by atoms with Crippen LogP contribution < -0.4 is 5.73 Å².